The van der Waals surface area contributed by atoms with E-state index in [1.54, 1.807) is 0 Å². The number of nitrogens with one attached hydrogen (secondary N) is 1. The first-order chi connectivity index (χ1) is 7.74. The molecule has 0 bridgehead atoms. The van der Waals surface area contributed by atoms with Crippen molar-refractivity contribution < 1.29 is 9.15 Å². The maximum absolute atomic E-state index is 5.34. The zero-order valence-electron chi connectivity index (χ0n) is 10.5. The number of rotatable bonds is 8. The molecule has 0 aliphatic carbocycles. The zero-order chi connectivity index (χ0) is 11.8. The van der Waals surface area contributed by atoms with Crippen LogP contribution in [0.4, 0.5) is 0 Å². The molecule has 92 valence electrons. The van der Waals surface area contributed by atoms with Gasteiger partial charge in [-0.3, -0.25) is 0 Å². The van der Waals surface area contributed by atoms with Gasteiger partial charge in [0.05, 0.1) is 12.3 Å². The Balaban J connectivity index is 2.32. The molecule has 16 heavy (non-hydrogen) atoms. The summed E-state index contributed by atoms with van der Waals surface area (Å²) in [5.74, 6) is 1.59. The highest BCUT2D eigenvalue weighted by Gasteiger charge is 2.07. The van der Waals surface area contributed by atoms with Crippen molar-refractivity contribution in [3.05, 3.63) is 17.8 Å². The first-order valence-electron chi connectivity index (χ1n) is 5.93. The van der Waals surface area contributed by atoms with Crippen molar-refractivity contribution in [3.63, 3.8) is 0 Å². The standard InChI is InChI=1S/C12H22N2O2/c1-4-15-6-5-12-11(14-9-16-12)8-13-7-10(2)3/h9-10,13H,4-8H2,1-3H3. The molecule has 1 rings (SSSR count). The van der Waals surface area contributed by atoms with Crippen LogP contribution in [0, 0.1) is 5.92 Å². The number of hydrogen-bond acceptors (Lipinski definition) is 4. The Morgan fingerprint density at radius 2 is 2.31 bits per heavy atom. The van der Waals surface area contributed by atoms with E-state index < -0.39 is 0 Å². The molecule has 4 heteroatoms. The second kappa shape index (κ2) is 7.41. The Bertz CT molecular complexity index is 284. The van der Waals surface area contributed by atoms with E-state index in [-0.39, 0.29) is 0 Å². The summed E-state index contributed by atoms with van der Waals surface area (Å²) in [6.45, 7) is 9.58. The molecular formula is C12H22N2O2. The molecule has 0 radical (unpaired) electrons. The van der Waals surface area contributed by atoms with Crippen LogP contribution in [0.2, 0.25) is 0 Å². The fourth-order valence-corrected chi connectivity index (χ4v) is 1.43. The van der Waals surface area contributed by atoms with E-state index >= 15 is 0 Å². The lowest BCUT2D eigenvalue weighted by atomic mass is 10.2. The van der Waals surface area contributed by atoms with Crippen molar-refractivity contribution in [2.24, 2.45) is 5.92 Å². The molecule has 0 amide bonds. The Hall–Kier alpha value is -0.870. The van der Waals surface area contributed by atoms with E-state index in [4.69, 9.17) is 9.15 Å². The molecule has 0 fully saturated rings. The quantitative estimate of drug-likeness (QED) is 0.689. The van der Waals surface area contributed by atoms with Crippen molar-refractivity contribution in [1.29, 1.82) is 0 Å². The number of hydrogen-bond donors (Lipinski definition) is 1. The minimum Gasteiger partial charge on any atom is -0.448 e. The highest BCUT2D eigenvalue weighted by Crippen LogP contribution is 2.07. The average molecular weight is 226 g/mol. The van der Waals surface area contributed by atoms with Crippen molar-refractivity contribution in [1.82, 2.24) is 10.3 Å². The molecule has 0 spiro atoms. The zero-order valence-corrected chi connectivity index (χ0v) is 10.5. The molecule has 1 heterocycles. The van der Waals surface area contributed by atoms with Gasteiger partial charge in [0.1, 0.15) is 5.76 Å². The Morgan fingerprint density at radius 3 is 3.00 bits per heavy atom. The second-order valence-electron chi connectivity index (χ2n) is 4.19. The minimum absolute atomic E-state index is 0.652. The van der Waals surface area contributed by atoms with Gasteiger partial charge in [-0.1, -0.05) is 13.8 Å². The molecule has 0 unspecified atom stereocenters. The lowest BCUT2D eigenvalue weighted by Gasteiger charge is -2.06. The first-order valence-corrected chi connectivity index (χ1v) is 5.93. The van der Waals surface area contributed by atoms with Gasteiger partial charge in [-0.15, -0.1) is 0 Å². The number of oxazole rings is 1. The van der Waals surface area contributed by atoms with Crippen LogP contribution in [0.1, 0.15) is 32.2 Å². The third-order valence-electron chi connectivity index (χ3n) is 2.25. The molecule has 0 saturated carbocycles. The fraction of sp³-hybridized carbons (Fsp3) is 0.750. The van der Waals surface area contributed by atoms with Gasteiger partial charge < -0.3 is 14.5 Å². The predicted octanol–water partition coefficient (Wildman–Crippen LogP) is 2.00. The lowest BCUT2D eigenvalue weighted by Crippen LogP contribution is -2.20. The third-order valence-corrected chi connectivity index (χ3v) is 2.25. The van der Waals surface area contributed by atoms with Gasteiger partial charge in [-0.25, -0.2) is 4.98 Å². The highest BCUT2D eigenvalue weighted by atomic mass is 16.5. The largest absolute Gasteiger partial charge is 0.448 e. The molecular weight excluding hydrogens is 204 g/mol. The molecule has 0 aliphatic heterocycles. The van der Waals surface area contributed by atoms with Crippen LogP contribution < -0.4 is 5.32 Å². The predicted molar refractivity (Wildman–Crippen MR) is 63.2 cm³/mol. The van der Waals surface area contributed by atoms with Crippen LogP contribution in [0.25, 0.3) is 0 Å². The van der Waals surface area contributed by atoms with E-state index in [1.165, 1.54) is 6.39 Å². The fourth-order valence-electron chi connectivity index (χ4n) is 1.43. The maximum Gasteiger partial charge on any atom is 0.181 e. The number of aromatic nitrogens is 1. The molecule has 0 atom stereocenters. The summed E-state index contributed by atoms with van der Waals surface area (Å²) in [4.78, 5) is 4.21. The highest BCUT2D eigenvalue weighted by molar-refractivity contribution is 5.07. The summed E-state index contributed by atoms with van der Waals surface area (Å²) in [6.07, 6.45) is 2.31. The Kier molecular flexibility index (Phi) is 6.11. The van der Waals surface area contributed by atoms with E-state index in [0.29, 0.717) is 12.5 Å². The summed E-state index contributed by atoms with van der Waals surface area (Å²) in [5.41, 5.74) is 1.00. The number of nitrogens with zero attached hydrogens (tertiary/aromatic N) is 1. The summed E-state index contributed by atoms with van der Waals surface area (Å²) >= 11 is 0. The lowest BCUT2D eigenvalue weighted by molar-refractivity contribution is 0.146. The summed E-state index contributed by atoms with van der Waals surface area (Å²) < 4.78 is 10.6. The van der Waals surface area contributed by atoms with Gasteiger partial charge in [-0.2, -0.15) is 0 Å². The summed E-state index contributed by atoms with van der Waals surface area (Å²) in [7, 11) is 0. The molecule has 0 aliphatic rings. The van der Waals surface area contributed by atoms with Gasteiger partial charge in [-0.05, 0) is 19.4 Å². The first kappa shape index (κ1) is 13.2. The van der Waals surface area contributed by atoms with Crippen LogP contribution in [0.5, 0.6) is 0 Å². The molecule has 1 aromatic rings. The van der Waals surface area contributed by atoms with Gasteiger partial charge in [0.25, 0.3) is 0 Å². The van der Waals surface area contributed by atoms with Gasteiger partial charge in [0, 0.05) is 19.6 Å². The topological polar surface area (TPSA) is 47.3 Å². The smallest absolute Gasteiger partial charge is 0.181 e. The molecule has 0 saturated heterocycles. The van der Waals surface area contributed by atoms with Gasteiger partial charge in [0.2, 0.25) is 0 Å². The van der Waals surface area contributed by atoms with E-state index in [2.05, 4.69) is 24.1 Å². The normalized spacial score (nSPS) is 11.2. The molecule has 4 nitrogen and oxygen atoms in total. The maximum atomic E-state index is 5.34. The van der Waals surface area contributed by atoms with Crippen LogP contribution in [0.3, 0.4) is 0 Å². The van der Waals surface area contributed by atoms with Crippen LogP contribution in [0.15, 0.2) is 10.8 Å². The van der Waals surface area contributed by atoms with Gasteiger partial charge in [0.15, 0.2) is 6.39 Å². The SMILES string of the molecule is CCOCCc1ocnc1CNCC(C)C. The van der Waals surface area contributed by atoms with E-state index in [9.17, 15) is 0 Å². The average Bonchev–Trinajstić information content (AvgIpc) is 2.66. The number of ether oxygens (including phenoxy) is 1. The van der Waals surface area contributed by atoms with Crippen molar-refractivity contribution in [2.75, 3.05) is 19.8 Å². The van der Waals surface area contributed by atoms with Crippen LogP contribution >= 0.6 is 0 Å². The monoisotopic (exact) mass is 226 g/mol. The van der Waals surface area contributed by atoms with Crippen LogP contribution in [-0.4, -0.2) is 24.7 Å². The Morgan fingerprint density at radius 1 is 1.50 bits per heavy atom. The third kappa shape index (κ3) is 4.77. The summed E-state index contributed by atoms with van der Waals surface area (Å²) in [5, 5.41) is 3.35. The second-order valence-corrected chi connectivity index (χ2v) is 4.19. The van der Waals surface area contributed by atoms with E-state index in [1.807, 2.05) is 6.92 Å². The molecule has 1 aromatic heterocycles. The van der Waals surface area contributed by atoms with E-state index in [0.717, 1.165) is 37.6 Å². The molecule has 0 aromatic carbocycles. The minimum atomic E-state index is 0.652. The van der Waals surface area contributed by atoms with Crippen LogP contribution in [-0.2, 0) is 17.7 Å². The van der Waals surface area contributed by atoms with Crippen molar-refractivity contribution >= 4 is 0 Å². The summed E-state index contributed by atoms with van der Waals surface area (Å²) in [6, 6.07) is 0. The Labute approximate surface area is 97.4 Å². The van der Waals surface area contributed by atoms with Crippen molar-refractivity contribution in [2.45, 2.75) is 33.7 Å². The molecule has 1 N–H and O–H groups in total. The van der Waals surface area contributed by atoms with Crippen molar-refractivity contribution in [3.8, 4) is 0 Å². The van der Waals surface area contributed by atoms with Gasteiger partial charge >= 0.3 is 0 Å².